The third-order valence-electron chi connectivity index (χ3n) is 3.49. The minimum atomic E-state index is 0.791. The minimum absolute atomic E-state index is 0.791. The highest BCUT2D eigenvalue weighted by Gasteiger charge is 2.15. The first-order chi connectivity index (χ1) is 8.79. The van der Waals surface area contributed by atoms with Crippen LogP contribution in [0.5, 0.6) is 0 Å². The molecule has 1 fully saturated rings. The van der Waals surface area contributed by atoms with Crippen LogP contribution in [0, 0.1) is 6.92 Å². The number of anilines is 1. The van der Waals surface area contributed by atoms with E-state index in [-0.39, 0.29) is 0 Å². The van der Waals surface area contributed by atoms with E-state index in [1.165, 1.54) is 18.5 Å². The third kappa shape index (κ3) is 3.68. The standard InChI is InChI=1S/C14H24N4/c1-13-4-6-16-14(12-13)18-9-3-8-17(10-11-18)7-2-5-15/h4,6,12H,2-3,5,7-11,15H2,1H3. The average molecular weight is 248 g/mol. The minimum Gasteiger partial charge on any atom is -0.355 e. The number of aryl methyl sites for hydroxylation is 1. The molecule has 1 aliphatic heterocycles. The number of rotatable bonds is 4. The normalized spacial score (nSPS) is 17.8. The summed E-state index contributed by atoms with van der Waals surface area (Å²) >= 11 is 0. The molecule has 4 heteroatoms. The second-order valence-electron chi connectivity index (χ2n) is 5.02. The van der Waals surface area contributed by atoms with E-state index in [1.54, 1.807) is 0 Å². The Kier molecular flexibility index (Phi) is 4.96. The lowest BCUT2D eigenvalue weighted by molar-refractivity contribution is 0.291. The molecular formula is C14H24N4. The second kappa shape index (κ2) is 6.71. The largest absolute Gasteiger partial charge is 0.355 e. The molecule has 4 nitrogen and oxygen atoms in total. The highest BCUT2D eigenvalue weighted by Crippen LogP contribution is 2.14. The van der Waals surface area contributed by atoms with Gasteiger partial charge >= 0.3 is 0 Å². The van der Waals surface area contributed by atoms with Crippen LogP contribution in [0.15, 0.2) is 18.3 Å². The summed E-state index contributed by atoms with van der Waals surface area (Å²) in [5, 5.41) is 0. The molecule has 0 amide bonds. The summed E-state index contributed by atoms with van der Waals surface area (Å²) in [5.74, 6) is 1.12. The zero-order valence-corrected chi connectivity index (χ0v) is 11.3. The van der Waals surface area contributed by atoms with E-state index in [4.69, 9.17) is 5.73 Å². The van der Waals surface area contributed by atoms with E-state index in [0.717, 1.165) is 45.0 Å². The fourth-order valence-electron chi connectivity index (χ4n) is 2.43. The second-order valence-corrected chi connectivity index (χ2v) is 5.02. The van der Waals surface area contributed by atoms with E-state index in [9.17, 15) is 0 Å². The number of nitrogens with two attached hydrogens (primary N) is 1. The molecule has 0 aliphatic carbocycles. The van der Waals surface area contributed by atoms with Crippen molar-refractivity contribution in [1.82, 2.24) is 9.88 Å². The van der Waals surface area contributed by atoms with Gasteiger partial charge in [0.2, 0.25) is 0 Å². The van der Waals surface area contributed by atoms with Crippen molar-refractivity contribution in [3.05, 3.63) is 23.9 Å². The van der Waals surface area contributed by atoms with Gasteiger partial charge in [0.1, 0.15) is 5.82 Å². The Morgan fingerprint density at radius 2 is 2.17 bits per heavy atom. The van der Waals surface area contributed by atoms with E-state index in [0.29, 0.717) is 0 Å². The van der Waals surface area contributed by atoms with Crippen LogP contribution in [0.2, 0.25) is 0 Å². The van der Waals surface area contributed by atoms with Crippen molar-refractivity contribution in [2.24, 2.45) is 5.73 Å². The van der Waals surface area contributed by atoms with Gasteiger partial charge in [0.05, 0.1) is 0 Å². The molecule has 0 bridgehead atoms. The Balaban J connectivity index is 1.92. The van der Waals surface area contributed by atoms with Crippen molar-refractivity contribution in [3.8, 4) is 0 Å². The topological polar surface area (TPSA) is 45.4 Å². The smallest absolute Gasteiger partial charge is 0.128 e. The molecule has 1 saturated heterocycles. The van der Waals surface area contributed by atoms with Crippen molar-refractivity contribution in [2.45, 2.75) is 19.8 Å². The quantitative estimate of drug-likeness (QED) is 0.871. The predicted octanol–water partition coefficient (Wildman–Crippen LogP) is 1.25. The SMILES string of the molecule is Cc1ccnc(N2CCCN(CCCN)CC2)c1. The van der Waals surface area contributed by atoms with Gasteiger partial charge in [0.15, 0.2) is 0 Å². The summed E-state index contributed by atoms with van der Waals surface area (Å²) in [5.41, 5.74) is 6.85. The number of hydrogen-bond donors (Lipinski definition) is 1. The zero-order valence-electron chi connectivity index (χ0n) is 11.3. The maximum absolute atomic E-state index is 5.57. The number of nitrogens with zero attached hydrogens (tertiary/aromatic N) is 3. The Morgan fingerprint density at radius 3 is 2.94 bits per heavy atom. The fourth-order valence-corrected chi connectivity index (χ4v) is 2.43. The molecule has 2 rings (SSSR count). The monoisotopic (exact) mass is 248 g/mol. The van der Waals surface area contributed by atoms with Crippen LogP contribution in [0.3, 0.4) is 0 Å². The zero-order chi connectivity index (χ0) is 12.8. The molecule has 0 saturated carbocycles. The van der Waals surface area contributed by atoms with E-state index in [1.807, 2.05) is 6.20 Å². The van der Waals surface area contributed by atoms with Crippen LogP contribution in [-0.4, -0.2) is 49.2 Å². The van der Waals surface area contributed by atoms with Gasteiger partial charge in [-0.05, 0) is 57.1 Å². The molecule has 1 aliphatic rings. The number of hydrogen-bond acceptors (Lipinski definition) is 4. The fraction of sp³-hybridized carbons (Fsp3) is 0.643. The van der Waals surface area contributed by atoms with Crippen molar-refractivity contribution < 1.29 is 0 Å². The Morgan fingerprint density at radius 1 is 1.28 bits per heavy atom. The molecule has 1 aromatic heterocycles. The number of pyridine rings is 1. The molecule has 18 heavy (non-hydrogen) atoms. The highest BCUT2D eigenvalue weighted by molar-refractivity contribution is 5.40. The molecule has 0 aromatic carbocycles. The van der Waals surface area contributed by atoms with Crippen LogP contribution < -0.4 is 10.6 Å². The van der Waals surface area contributed by atoms with Crippen LogP contribution in [-0.2, 0) is 0 Å². The van der Waals surface area contributed by atoms with Gasteiger partial charge in [-0.3, -0.25) is 0 Å². The Bertz CT molecular complexity index is 367. The van der Waals surface area contributed by atoms with Crippen LogP contribution in [0.25, 0.3) is 0 Å². The summed E-state index contributed by atoms with van der Waals surface area (Å²) in [6, 6.07) is 4.23. The van der Waals surface area contributed by atoms with Crippen molar-refractivity contribution in [2.75, 3.05) is 44.2 Å². The van der Waals surface area contributed by atoms with E-state index >= 15 is 0 Å². The third-order valence-corrected chi connectivity index (χ3v) is 3.49. The van der Waals surface area contributed by atoms with Gasteiger partial charge in [-0.25, -0.2) is 4.98 Å². The molecule has 0 spiro atoms. The summed E-state index contributed by atoms with van der Waals surface area (Å²) in [6.45, 7) is 8.52. The molecule has 2 heterocycles. The average Bonchev–Trinajstić information content (AvgIpc) is 2.62. The summed E-state index contributed by atoms with van der Waals surface area (Å²) in [7, 11) is 0. The van der Waals surface area contributed by atoms with Gasteiger partial charge in [-0.1, -0.05) is 0 Å². The summed E-state index contributed by atoms with van der Waals surface area (Å²) < 4.78 is 0. The molecule has 0 atom stereocenters. The van der Waals surface area contributed by atoms with Gasteiger partial charge < -0.3 is 15.5 Å². The van der Waals surface area contributed by atoms with Crippen LogP contribution >= 0.6 is 0 Å². The predicted molar refractivity (Wildman–Crippen MR) is 75.9 cm³/mol. The first kappa shape index (κ1) is 13.3. The van der Waals surface area contributed by atoms with Crippen LogP contribution in [0.4, 0.5) is 5.82 Å². The van der Waals surface area contributed by atoms with Crippen molar-refractivity contribution >= 4 is 5.82 Å². The van der Waals surface area contributed by atoms with E-state index < -0.39 is 0 Å². The molecule has 2 N–H and O–H groups in total. The molecule has 0 unspecified atom stereocenters. The summed E-state index contributed by atoms with van der Waals surface area (Å²) in [4.78, 5) is 9.39. The van der Waals surface area contributed by atoms with Gasteiger partial charge in [-0.2, -0.15) is 0 Å². The van der Waals surface area contributed by atoms with E-state index in [2.05, 4.69) is 33.8 Å². The van der Waals surface area contributed by atoms with Crippen molar-refractivity contribution in [3.63, 3.8) is 0 Å². The maximum Gasteiger partial charge on any atom is 0.128 e. The lowest BCUT2D eigenvalue weighted by Crippen LogP contribution is -2.32. The molecule has 1 aromatic rings. The Labute approximate surface area is 110 Å². The maximum atomic E-state index is 5.57. The van der Waals surface area contributed by atoms with Crippen LogP contribution in [0.1, 0.15) is 18.4 Å². The molecular weight excluding hydrogens is 224 g/mol. The van der Waals surface area contributed by atoms with Crippen molar-refractivity contribution in [1.29, 1.82) is 0 Å². The first-order valence-corrected chi connectivity index (χ1v) is 6.89. The highest BCUT2D eigenvalue weighted by atomic mass is 15.2. The lowest BCUT2D eigenvalue weighted by Gasteiger charge is -2.22. The lowest BCUT2D eigenvalue weighted by atomic mass is 10.3. The van der Waals surface area contributed by atoms with Gasteiger partial charge in [0.25, 0.3) is 0 Å². The Hall–Kier alpha value is -1.13. The first-order valence-electron chi connectivity index (χ1n) is 6.89. The van der Waals surface area contributed by atoms with Gasteiger partial charge in [-0.15, -0.1) is 0 Å². The molecule has 0 radical (unpaired) electrons. The number of aromatic nitrogens is 1. The molecule has 100 valence electrons. The van der Waals surface area contributed by atoms with Gasteiger partial charge in [0, 0.05) is 25.8 Å². The summed E-state index contributed by atoms with van der Waals surface area (Å²) in [6.07, 6.45) is 4.21.